The number of nitrogens with zero attached hydrogens (tertiary/aromatic N) is 1. The molecule has 17 heavy (non-hydrogen) atoms. The summed E-state index contributed by atoms with van der Waals surface area (Å²) in [7, 11) is 0. The third-order valence-corrected chi connectivity index (χ3v) is 2.83. The average molecular weight is 271 g/mol. The van der Waals surface area contributed by atoms with Gasteiger partial charge in [0, 0.05) is 16.1 Å². The molecule has 0 bridgehead atoms. The summed E-state index contributed by atoms with van der Waals surface area (Å²) in [5, 5.41) is 10.1. The van der Waals surface area contributed by atoms with E-state index in [4.69, 9.17) is 28.4 Å². The summed E-state index contributed by atoms with van der Waals surface area (Å²) in [6.45, 7) is 1.76. The minimum Gasteiger partial charge on any atom is -0.288 e. The molecule has 0 saturated heterocycles. The third kappa shape index (κ3) is 2.20. The van der Waals surface area contributed by atoms with E-state index in [0.29, 0.717) is 26.6 Å². The second-order valence-electron chi connectivity index (χ2n) is 3.54. The highest BCUT2D eigenvalue weighted by atomic mass is 35.5. The van der Waals surface area contributed by atoms with Crippen LogP contribution < -0.4 is 5.48 Å². The molecule has 4 nitrogen and oxygen atoms in total. The van der Waals surface area contributed by atoms with E-state index in [0.717, 1.165) is 0 Å². The first-order valence-corrected chi connectivity index (χ1v) is 5.49. The number of hydrogen-bond donors (Lipinski definition) is 2. The lowest BCUT2D eigenvalue weighted by molar-refractivity contribution is 0.0708. The van der Waals surface area contributed by atoms with Crippen LogP contribution in [-0.2, 0) is 0 Å². The molecule has 0 fully saturated rings. The number of carbonyl (C=O) groups excluding carboxylic acids is 1. The third-order valence-electron chi connectivity index (χ3n) is 2.30. The number of nitrogens with one attached hydrogen (secondary N) is 1. The Kier molecular flexibility index (Phi) is 3.19. The summed E-state index contributed by atoms with van der Waals surface area (Å²) in [5.41, 5.74) is 2.83. The largest absolute Gasteiger partial charge is 0.288 e. The molecule has 0 spiro atoms. The lowest BCUT2D eigenvalue weighted by Crippen LogP contribution is -2.19. The highest BCUT2D eigenvalue weighted by Gasteiger charge is 2.14. The summed E-state index contributed by atoms with van der Waals surface area (Å²) in [6.07, 6.45) is 0. The Morgan fingerprint density at radius 1 is 1.35 bits per heavy atom. The van der Waals surface area contributed by atoms with E-state index in [9.17, 15) is 4.79 Å². The van der Waals surface area contributed by atoms with Gasteiger partial charge in [-0.15, -0.1) is 0 Å². The normalized spacial score (nSPS) is 10.6. The predicted molar refractivity (Wildman–Crippen MR) is 65.8 cm³/mol. The van der Waals surface area contributed by atoms with E-state index >= 15 is 0 Å². The smallest absolute Gasteiger partial charge is 0.276 e. The van der Waals surface area contributed by atoms with E-state index in [-0.39, 0.29) is 5.56 Å². The molecule has 88 valence electrons. The highest BCUT2D eigenvalue weighted by molar-refractivity contribution is 6.37. The van der Waals surface area contributed by atoms with Crippen molar-refractivity contribution in [2.75, 3.05) is 0 Å². The summed E-state index contributed by atoms with van der Waals surface area (Å²) in [4.78, 5) is 15.7. The topological polar surface area (TPSA) is 62.2 Å². The van der Waals surface area contributed by atoms with Crippen LogP contribution in [0.25, 0.3) is 10.9 Å². The lowest BCUT2D eigenvalue weighted by Gasteiger charge is -2.07. The molecular formula is C11H8Cl2N2O2. The average Bonchev–Trinajstić information content (AvgIpc) is 2.28. The van der Waals surface area contributed by atoms with Crippen molar-refractivity contribution in [2.24, 2.45) is 0 Å². The Balaban J connectivity index is 2.87. The quantitative estimate of drug-likeness (QED) is 0.619. The van der Waals surface area contributed by atoms with Crippen LogP contribution in [0.3, 0.4) is 0 Å². The van der Waals surface area contributed by atoms with Crippen LogP contribution in [0.2, 0.25) is 10.0 Å². The van der Waals surface area contributed by atoms with Gasteiger partial charge < -0.3 is 0 Å². The molecule has 1 aromatic carbocycles. The van der Waals surface area contributed by atoms with Crippen molar-refractivity contribution in [3.8, 4) is 0 Å². The number of hydrogen-bond acceptors (Lipinski definition) is 3. The van der Waals surface area contributed by atoms with Crippen molar-refractivity contribution in [1.29, 1.82) is 0 Å². The SMILES string of the molecule is Cc1cc(Cl)c2cc(Cl)cc(C(=O)NO)c2n1. The van der Waals surface area contributed by atoms with Gasteiger partial charge in [0.1, 0.15) is 0 Å². The van der Waals surface area contributed by atoms with E-state index in [1.54, 1.807) is 24.5 Å². The Morgan fingerprint density at radius 3 is 2.71 bits per heavy atom. The van der Waals surface area contributed by atoms with Gasteiger partial charge in [-0.3, -0.25) is 15.0 Å². The monoisotopic (exact) mass is 270 g/mol. The van der Waals surface area contributed by atoms with Gasteiger partial charge in [0.25, 0.3) is 5.91 Å². The molecule has 0 aliphatic carbocycles. The van der Waals surface area contributed by atoms with Gasteiger partial charge in [-0.25, -0.2) is 5.48 Å². The van der Waals surface area contributed by atoms with Crippen molar-refractivity contribution in [3.05, 3.63) is 39.5 Å². The van der Waals surface area contributed by atoms with Crippen LogP contribution in [0.1, 0.15) is 16.1 Å². The number of halogens is 2. The number of amides is 1. The van der Waals surface area contributed by atoms with Gasteiger partial charge >= 0.3 is 0 Å². The predicted octanol–water partition coefficient (Wildman–Crippen LogP) is 2.97. The minimum absolute atomic E-state index is 0.181. The Labute approximate surface area is 107 Å². The molecule has 1 aromatic heterocycles. The van der Waals surface area contributed by atoms with E-state index < -0.39 is 5.91 Å². The zero-order valence-electron chi connectivity index (χ0n) is 8.79. The molecule has 0 aliphatic rings. The van der Waals surface area contributed by atoms with Crippen LogP contribution in [0, 0.1) is 6.92 Å². The molecular weight excluding hydrogens is 263 g/mol. The molecule has 0 aliphatic heterocycles. The number of aryl methyl sites for hydroxylation is 1. The number of aromatic nitrogens is 1. The van der Waals surface area contributed by atoms with Crippen molar-refractivity contribution in [1.82, 2.24) is 10.5 Å². The molecule has 1 heterocycles. The molecule has 1 amide bonds. The van der Waals surface area contributed by atoms with Crippen LogP contribution in [-0.4, -0.2) is 16.1 Å². The molecule has 0 unspecified atom stereocenters. The number of hydroxylamine groups is 1. The fourth-order valence-corrected chi connectivity index (χ4v) is 2.13. The number of rotatable bonds is 1. The molecule has 0 radical (unpaired) electrons. The molecule has 2 aromatic rings. The van der Waals surface area contributed by atoms with Crippen molar-refractivity contribution >= 4 is 40.0 Å². The molecule has 2 rings (SSSR count). The second kappa shape index (κ2) is 4.49. The first-order valence-electron chi connectivity index (χ1n) is 4.73. The first kappa shape index (κ1) is 12.1. The highest BCUT2D eigenvalue weighted by Crippen LogP contribution is 2.29. The Hall–Kier alpha value is -1.36. The van der Waals surface area contributed by atoms with Gasteiger partial charge in [-0.2, -0.15) is 0 Å². The summed E-state index contributed by atoms with van der Waals surface area (Å²) >= 11 is 11.9. The Morgan fingerprint density at radius 2 is 2.06 bits per heavy atom. The summed E-state index contributed by atoms with van der Waals surface area (Å²) in [5.74, 6) is -0.674. The number of benzene rings is 1. The number of pyridine rings is 1. The minimum atomic E-state index is -0.674. The maximum atomic E-state index is 11.5. The van der Waals surface area contributed by atoms with Crippen LogP contribution in [0.5, 0.6) is 0 Å². The van der Waals surface area contributed by atoms with Gasteiger partial charge in [0.2, 0.25) is 0 Å². The van der Waals surface area contributed by atoms with Gasteiger partial charge in [-0.1, -0.05) is 23.2 Å². The van der Waals surface area contributed by atoms with E-state index in [1.165, 1.54) is 6.07 Å². The maximum Gasteiger partial charge on any atom is 0.276 e. The zero-order valence-corrected chi connectivity index (χ0v) is 10.3. The zero-order chi connectivity index (χ0) is 12.6. The van der Waals surface area contributed by atoms with Gasteiger partial charge in [0.15, 0.2) is 0 Å². The van der Waals surface area contributed by atoms with E-state index in [1.807, 2.05) is 0 Å². The number of fused-ring (bicyclic) bond motifs is 1. The van der Waals surface area contributed by atoms with Gasteiger partial charge in [-0.05, 0) is 25.1 Å². The lowest BCUT2D eigenvalue weighted by atomic mass is 10.1. The molecule has 6 heteroatoms. The first-order chi connectivity index (χ1) is 8.02. The van der Waals surface area contributed by atoms with E-state index in [2.05, 4.69) is 4.98 Å². The Bertz CT molecular complexity index is 614. The maximum absolute atomic E-state index is 11.5. The van der Waals surface area contributed by atoms with Crippen LogP contribution in [0.15, 0.2) is 18.2 Å². The fourth-order valence-electron chi connectivity index (χ4n) is 1.60. The number of carbonyl (C=O) groups is 1. The van der Waals surface area contributed by atoms with Crippen molar-refractivity contribution in [2.45, 2.75) is 6.92 Å². The molecule has 0 atom stereocenters. The summed E-state index contributed by atoms with van der Waals surface area (Å²) in [6, 6.07) is 4.73. The van der Waals surface area contributed by atoms with Crippen LogP contribution >= 0.6 is 23.2 Å². The molecule has 0 saturated carbocycles. The molecule has 2 N–H and O–H groups in total. The van der Waals surface area contributed by atoms with Crippen LogP contribution in [0.4, 0.5) is 0 Å². The second-order valence-corrected chi connectivity index (χ2v) is 4.38. The van der Waals surface area contributed by atoms with Gasteiger partial charge in [0.05, 0.1) is 16.1 Å². The van der Waals surface area contributed by atoms with Crippen molar-refractivity contribution < 1.29 is 10.0 Å². The summed E-state index contributed by atoms with van der Waals surface area (Å²) < 4.78 is 0. The standard InChI is InChI=1S/C11H8Cl2N2O2/c1-5-2-9(13)7-3-6(12)4-8(10(7)14-5)11(16)15-17/h2-4,17H,1H3,(H,15,16). The van der Waals surface area contributed by atoms with Crippen molar-refractivity contribution in [3.63, 3.8) is 0 Å². The fraction of sp³-hybridized carbons (Fsp3) is 0.0909.